The minimum Gasteiger partial charge on any atom is -0.277 e. The molecule has 1 aliphatic heterocycles. The molecule has 0 amide bonds. The van der Waals surface area contributed by atoms with Gasteiger partial charge >= 0.3 is 5.69 Å². The minimum absolute atomic E-state index is 0.186. The maximum Gasteiger partial charge on any atom is 0.330 e. The van der Waals surface area contributed by atoms with E-state index >= 15 is 0 Å². The van der Waals surface area contributed by atoms with Crippen molar-refractivity contribution in [3.63, 3.8) is 0 Å². The first-order chi connectivity index (χ1) is 9.08. The van der Waals surface area contributed by atoms with Crippen molar-refractivity contribution in [3.05, 3.63) is 33.0 Å². The Bertz CT molecular complexity index is 693. The van der Waals surface area contributed by atoms with E-state index in [1.165, 1.54) is 17.4 Å². The largest absolute Gasteiger partial charge is 0.330 e. The van der Waals surface area contributed by atoms with Crippen molar-refractivity contribution in [1.29, 1.82) is 0 Å². The van der Waals surface area contributed by atoms with Crippen LogP contribution in [0.3, 0.4) is 0 Å². The third-order valence-electron chi connectivity index (χ3n) is 3.84. The van der Waals surface area contributed by atoms with Crippen LogP contribution < -0.4 is 11.2 Å². The van der Waals surface area contributed by atoms with Crippen molar-refractivity contribution in [2.75, 3.05) is 0 Å². The van der Waals surface area contributed by atoms with Gasteiger partial charge in [0.2, 0.25) is 0 Å². The van der Waals surface area contributed by atoms with Crippen LogP contribution in [-0.2, 0) is 6.54 Å². The van der Waals surface area contributed by atoms with Gasteiger partial charge in [0, 0.05) is 12.1 Å². The number of H-pyrrole nitrogens is 1. The Hall–Kier alpha value is -1.62. The summed E-state index contributed by atoms with van der Waals surface area (Å²) in [6, 6.07) is 0. The number of allylic oxidation sites excluding steroid dienone is 1. The maximum absolute atomic E-state index is 12.0. The third-order valence-corrected chi connectivity index (χ3v) is 4.15. The number of halogens is 1. The third kappa shape index (κ3) is 1.98. The van der Waals surface area contributed by atoms with E-state index in [1.807, 2.05) is 0 Å². The lowest BCUT2D eigenvalue weighted by Gasteiger charge is -2.13. The molecule has 1 N–H and O–H groups in total. The molecule has 1 saturated carbocycles. The Morgan fingerprint density at radius 1 is 1.37 bits per heavy atom. The van der Waals surface area contributed by atoms with Crippen molar-refractivity contribution in [2.45, 2.75) is 32.2 Å². The number of fused-ring (bicyclic) bond motifs is 1. The van der Waals surface area contributed by atoms with Gasteiger partial charge in [-0.15, -0.1) is 0 Å². The second-order valence-corrected chi connectivity index (χ2v) is 5.46. The van der Waals surface area contributed by atoms with E-state index in [-0.39, 0.29) is 5.17 Å². The molecule has 1 aromatic rings. The number of aromatic nitrogens is 2. The molecule has 0 atom stereocenters. The Kier molecular flexibility index (Phi) is 2.93. The first kappa shape index (κ1) is 12.4. The van der Waals surface area contributed by atoms with Crippen molar-refractivity contribution < 1.29 is 0 Å². The van der Waals surface area contributed by atoms with Crippen LogP contribution in [0.5, 0.6) is 0 Å². The van der Waals surface area contributed by atoms with E-state index in [0.717, 1.165) is 12.8 Å². The number of hydrogen-bond acceptors (Lipinski definition) is 3. The molecule has 6 heteroatoms. The van der Waals surface area contributed by atoms with Crippen molar-refractivity contribution in [2.24, 2.45) is 10.9 Å². The van der Waals surface area contributed by atoms with Gasteiger partial charge in [-0.05, 0) is 18.8 Å². The second kappa shape index (κ2) is 4.49. The highest BCUT2D eigenvalue weighted by atomic mass is 35.5. The molecule has 0 aromatic carbocycles. The fourth-order valence-corrected chi connectivity index (χ4v) is 3.01. The van der Waals surface area contributed by atoms with Gasteiger partial charge in [-0.25, -0.2) is 9.79 Å². The smallest absolute Gasteiger partial charge is 0.277 e. The molecule has 5 nitrogen and oxygen atoms in total. The topological polar surface area (TPSA) is 67.2 Å². The molecule has 0 bridgehead atoms. The molecule has 0 spiro atoms. The summed E-state index contributed by atoms with van der Waals surface area (Å²) in [5, 5.41) is 0.186. The molecule has 100 valence electrons. The minimum atomic E-state index is -0.466. The van der Waals surface area contributed by atoms with Gasteiger partial charge < -0.3 is 0 Å². The summed E-state index contributed by atoms with van der Waals surface area (Å²) in [7, 11) is 0. The summed E-state index contributed by atoms with van der Waals surface area (Å²) in [6.45, 7) is 4.32. The molecular weight excluding hydrogens is 266 g/mol. The van der Waals surface area contributed by atoms with E-state index in [9.17, 15) is 9.59 Å². The fourth-order valence-electron chi connectivity index (χ4n) is 2.83. The number of hydrogen-bond donors (Lipinski definition) is 1. The molecule has 19 heavy (non-hydrogen) atoms. The molecule has 2 heterocycles. The van der Waals surface area contributed by atoms with Crippen LogP contribution in [0.1, 0.15) is 31.2 Å². The average molecular weight is 280 g/mol. The van der Waals surface area contributed by atoms with Gasteiger partial charge in [-0.1, -0.05) is 31.0 Å². The molecule has 0 unspecified atom stereocenters. The average Bonchev–Trinajstić information content (AvgIpc) is 2.94. The summed E-state index contributed by atoms with van der Waals surface area (Å²) in [5.74, 6) is 0.825. The van der Waals surface area contributed by atoms with Gasteiger partial charge in [-0.2, -0.15) is 0 Å². The molecule has 3 rings (SSSR count). The Morgan fingerprint density at radius 2 is 2.05 bits per heavy atom. The summed E-state index contributed by atoms with van der Waals surface area (Å²) in [6.07, 6.45) is 4.61. The zero-order valence-electron chi connectivity index (χ0n) is 10.4. The predicted molar refractivity (Wildman–Crippen MR) is 75.3 cm³/mol. The predicted octanol–water partition coefficient (Wildman–Crippen LogP) is 2.02. The van der Waals surface area contributed by atoms with Gasteiger partial charge in [0.15, 0.2) is 5.82 Å². The Balaban J connectivity index is 2.12. The van der Waals surface area contributed by atoms with E-state index in [0.29, 0.717) is 29.4 Å². The standard InChI is InChI=1S/C13H14ClN3O2/c1-7-9-11(15-10(7)14)17(13(19)16-12(9)18)6-8-4-2-3-5-8/h8H,1-6H2,(H,16,18,19). The number of aromatic amines is 1. The van der Waals surface area contributed by atoms with Gasteiger partial charge in [-0.3, -0.25) is 14.3 Å². The molecule has 1 aliphatic carbocycles. The van der Waals surface area contributed by atoms with Crippen LogP contribution in [0.15, 0.2) is 21.2 Å². The van der Waals surface area contributed by atoms with Gasteiger partial charge in [0.25, 0.3) is 5.56 Å². The SMILES string of the molecule is C=C1C(Cl)=Nc2c1c(=O)[nH]c(=O)n2CC1CCCC1. The fraction of sp³-hybridized carbons (Fsp3) is 0.462. The number of nitrogens with one attached hydrogen (secondary N) is 1. The normalized spacial score (nSPS) is 18.8. The van der Waals surface area contributed by atoms with Crippen LogP contribution in [0.25, 0.3) is 5.57 Å². The van der Waals surface area contributed by atoms with Crippen molar-refractivity contribution in [1.82, 2.24) is 9.55 Å². The highest BCUT2D eigenvalue weighted by Crippen LogP contribution is 2.33. The van der Waals surface area contributed by atoms with Crippen LogP contribution >= 0.6 is 11.6 Å². The zero-order chi connectivity index (χ0) is 13.6. The van der Waals surface area contributed by atoms with E-state index in [2.05, 4.69) is 16.6 Å². The lowest BCUT2D eigenvalue weighted by atomic mass is 10.1. The summed E-state index contributed by atoms with van der Waals surface area (Å²) < 4.78 is 1.52. The molecule has 2 aliphatic rings. The lowest BCUT2D eigenvalue weighted by Crippen LogP contribution is -2.32. The van der Waals surface area contributed by atoms with E-state index in [1.54, 1.807) is 0 Å². The molecule has 0 saturated heterocycles. The summed E-state index contributed by atoms with van der Waals surface area (Å²) in [5.41, 5.74) is -0.175. The highest BCUT2D eigenvalue weighted by molar-refractivity contribution is 6.77. The van der Waals surface area contributed by atoms with Crippen molar-refractivity contribution >= 4 is 28.2 Å². The zero-order valence-corrected chi connectivity index (χ0v) is 11.2. The lowest BCUT2D eigenvalue weighted by molar-refractivity contribution is 0.446. The Labute approximate surface area is 114 Å². The van der Waals surface area contributed by atoms with Gasteiger partial charge in [0.05, 0.1) is 5.56 Å². The maximum atomic E-state index is 12.0. The van der Waals surface area contributed by atoms with Crippen LogP contribution in [-0.4, -0.2) is 14.7 Å². The van der Waals surface area contributed by atoms with Crippen molar-refractivity contribution in [3.8, 4) is 0 Å². The molecule has 1 aromatic heterocycles. The second-order valence-electron chi connectivity index (χ2n) is 5.10. The quantitative estimate of drug-likeness (QED) is 0.900. The number of aliphatic imine (C=N–C) groups is 1. The van der Waals surface area contributed by atoms with Crippen LogP contribution in [0, 0.1) is 5.92 Å². The first-order valence-electron chi connectivity index (χ1n) is 6.39. The highest BCUT2D eigenvalue weighted by Gasteiger charge is 2.27. The Morgan fingerprint density at radius 3 is 2.74 bits per heavy atom. The summed E-state index contributed by atoms with van der Waals surface area (Å²) >= 11 is 5.92. The summed E-state index contributed by atoms with van der Waals surface area (Å²) in [4.78, 5) is 30.2. The number of rotatable bonds is 2. The van der Waals surface area contributed by atoms with Gasteiger partial charge in [0.1, 0.15) is 5.17 Å². The molecule has 0 radical (unpaired) electrons. The van der Waals surface area contributed by atoms with E-state index < -0.39 is 11.2 Å². The monoisotopic (exact) mass is 279 g/mol. The first-order valence-corrected chi connectivity index (χ1v) is 6.76. The number of nitrogens with zero attached hydrogens (tertiary/aromatic N) is 2. The van der Waals surface area contributed by atoms with Crippen LogP contribution in [0.2, 0.25) is 0 Å². The molecule has 1 fully saturated rings. The van der Waals surface area contributed by atoms with E-state index in [4.69, 9.17) is 11.6 Å². The van der Waals surface area contributed by atoms with Crippen LogP contribution in [0.4, 0.5) is 5.82 Å². The molecular formula is C13H14ClN3O2.